The first-order valence-corrected chi connectivity index (χ1v) is 8.52. The summed E-state index contributed by atoms with van der Waals surface area (Å²) in [6.07, 6.45) is 7.00. The van der Waals surface area contributed by atoms with Crippen molar-refractivity contribution >= 4 is 11.3 Å². The minimum atomic E-state index is 0.427. The lowest BCUT2D eigenvalue weighted by molar-refractivity contribution is 0.105. The lowest BCUT2D eigenvalue weighted by Gasteiger charge is -2.18. The summed E-state index contributed by atoms with van der Waals surface area (Å²) in [4.78, 5) is 3.17. The average molecular weight is 279 g/mol. The van der Waals surface area contributed by atoms with E-state index in [1.165, 1.54) is 37.0 Å². The second-order valence-electron chi connectivity index (χ2n) is 6.06. The van der Waals surface area contributed by atoms with E-state index in [-0.39, 0.29) is 0 Å². The Morgan fingerprint density at radius 3 is 3.00 bits per heavy atom. The molecule has 2 aliphatic rings. The zero-order chi connectivity index (χ0) is 13.2. The predicted molar refractivity (Wildman–Crippen MR) is 80.9 cm³/mol. The molecule has 1 saturated heterocycles. The number of ether oxygens (including phenoxy) is 1. The van der Waals surface area contributed by atoms with Crippen molar-refractivity contribution in [3.63, 3.8) is 0 Å². The first-order valence-electron chi connectivity index (χ1n) is 7.70. The first-order chi connectivity index (χ1) is 9.24. The van der Waals surface area contributed by atoms with Gasteiger partial charge in [-0.3, -0.25) is 0 Å². The van der Waals surface area contributed by atoms with Crippen LogP contribution >= 0.6 is 11.3 Å². The third-order valence-corrected chi connectivity index (χ3v) is 6.08. The van der Waals surface area contributed by atoms with Crippen LogP contribution in [-0.4, -0.2) is 19.3 Å². The number of hydrogen-bond donors (Lipinski definition) is 1. The van der Waals surface area contributed by atoms with Gasteiger partial charge in [0.05, 0.1) is 6.10 Å². The lowest BCUT2D eigenvalue weighted by atomic mass is 9.98. The molecule has 1 fully saturated rings. The Morgan fingerprint density at radius 1 is 1.42 bits per heavy atom. The molecule has 3 unspecified atom stereocenters. The molecule has 0 spiro atoms. The zero-order valence-corrected chi connectivity index (χ0v) is 12.9. The number of nitrogens with one attached hydrogen (secondary N) is 1. The van der Waals surface area contributed by atoms with Gasteiger partial charge in [-0.1, -0.05) is 0 Å². The van der Waals surface area contributed by atoms with Crippen molar-refractivity contribution in [1.29, 1.82) is 0 Å². The Labute approximate surface area is 120 Å². The summed E-state index contributed by atoms with van der Waals surface area (Å²) in [6.45, 7) is 6.53. The maximum absolute atomic E-state index is 5.63. The highest BCUT2D eigenvalue weighted by Gasteiger charge is 2.25. The van der Waals surface area contributed by atoms with Crippen molar-refractivity contribution in [2.45, 2.75) is 58.1 Å². The molecular formula is C16H25NOS. The van der Waals surface area contributed by atoms with Crippen molar-refractivity contribution in [2.75, 3.05) is 13.2 Å². The Balaban J connectivity index is 1.57. The molecule has 1 N–H and O–H groups in total. The second-order valence-corrected chi connectivity index (χ2v) is 7.23. The van der Waals surface area contributed by atoms with Gasteiger partial charge in [-0.2, -0.15) is 0 Å². The molecular weight excluding hydrogens is 254 g/mol. The smallest absolute Gasteiger partial charge is 0.0588 e. The zero-order valence-electron chi connectivity index (χ0n) is 12.1. The number of hydrogen-bond acceptors (Lipinski definition) is 3. The fraction of sp³-hybridized carbons (Fsp3) is 0.750. The Morgan fingerprint density at radius 2 is 2.26 bits per heavy atom. The fourth-order valence-corrected chi connectivity index (χ4v) is 4.48. The van der Waals surface area contributed by atoms with Crippen LogP contribution in [0.2, 0.25) is 0 Å². The van der Waals surface area contributed by atoms with Gasteiger partial charge in [-0.25, -0.2) is 0 Å². The van der Waals surface area contributed by atoms with Crippen LogP contribution in [0.5, 0.6) is 0 Å². The van der Waals surface area contributed by atoms with Crippen LogP contribution in [0.1, 0.15) is 54.5 Å². The van der Waals surface area contributed by atoms with Gasteiger partial charge in [0.25, 0.3) is 0 Å². The highest BCUT2D eigenvalue weighted by Crippen LogP contribution is 2.33. The second kappa shape index (κ2) is 5.94. The Hall–Kier alpha value is -0.380. The number of thiophene rings is 1. The molecule has 3 atom stereocenters. The van der Waals surface area contributed by atoms with Gasteiger partial charge in [0.1, 0.15) is 0 Å². The van der Waals surface area contributed by atoms with Gasteiger partial charge in [0, 0.05) is 28.9 Å². The maximum Gasteiger partial charge on any atom is 0.0588 e. The van der Waals surface area contributed by atoms with Gasteiger partial charge >= 0.3 is 0 Å². The molecule has 1 aliphatic heterocycles. The van der Waals surface area contributed by atoms with E-state index >= 15 is 0 Å². The molecule has 0 saturated carbocycles. The molecule has 106 valence electrons. The van der Waals surface area contributed by atoms with Crippen LogP contribution in [0.15, 0.2) is 6.07 Å². The van der Waals surface area contributed by atoms with Crippen LogP contribution < -0.4 is 5.32 Å². The maximum atomic E-state index is 5.63. The molecule has 19 heavy (non-hydrogen) atoms. The van der Waals surface area contributed by atoms with E-state index in [9.17, 15) is 0 Å². The van der Waals surface area contributed by atoms with E-state index in [0.29, 0.717) is 18.1 Å². The summed E-state index contributed by atoms with van der Waals surface area (Å²) in [5.41, 5.74) is 1.62. The monoisotopic (exact) mass is 279 g/mol. The van der Waals surface area contributed by atoms with Gasteiger partial charge in [-0.15, -0.1) is 11.3 Å². The molecule has 1 aromatic rings. The third-order valence-electron chi connectivity index (χ3n) is 4.66. The van der Waals surface area contributed by atoms with E-state index in [1.807, 2.05) is 11.3 Å². The van der Waals surface area contributed by atoms with Gasteiger partial charge in [0.15, 0.2) is 0 Å². The molecule has 2 heterocycles. The van der Waals surface area contributed by atoms with Crippen molar-refractivity contribution in [3.05, 3.63) is 21.4 Å². The van der Waals surface area contributed by atoms with E-state index < -0.39 is 0 Å². The summed E-state index contributed by atoms with van der Waals surface area (Å²) >= 11 is 2.03. The summed E-state index contributed by atoms with van der Waals surface area (Å²) in [5.74, 6) is 0.692. The van der Waals surface area contributed by atoms with Crippen LogP contribution in [0, 0.1) is 5.92 Å². The highest BCUT2D eigenvalue weighted by atomic mass is 32.1. The topological polar surface area (TPSA) is 21.3 Å². The molecule has 2 nitrogen and oxygen atoms in total. The van der Waals surface area contributed by atoms with Crippen molar-refractivity contribution in [1.82, 2.24) is 5.32 Å². The number of fused-ring (bicyclic) bond motifs is 1. The fourth-order valence-electron chi connectivity index (χ4n) is 3.20. The third kappa shape index (κ3) is 3.04. The molecule has 0 bridgehead atoms. The molecule has 1 aromatic heterocycles. The SMILES string of the molecule is CC(NCC1CCOC1C)c1cc2c(s1)CCCC2. The van der Waals surface area contributed by atoms with Crippen LogP contribution in [-0.2, 0) is 17.6 Å². The minimum absolute atomic E-state index is 0.427. The van der Waals surface area contributed by atoms with Crippen molar-refractivity contribution in [3.8, 4) is 0 Å². The van der Waals surface area contributed by atoms with Crippen LogP contribution in [0.3, 0.4) is 0 Å². The summed E-state index contributed by atoms with van der Waals surface area (Å²) in [5, 5.41) is 3.71. The summed E-state index contributed by atoms with van der Waals surface area (Å²) in [6, 6.07) is 2.94. The van der Waals surface area contributed by atoms with Gasteiger partial charge in [-0.05, 0) is 63.5 Å². The normalized spacial score (nSPS) is 28.3. The Kier molecular flexibility index (Phi) is 4.25. The number of rotatable bonds is 4. The number of aryl methyl sites for hydroxylation is 2. The molecule has 0 amide bonds. The molecule has 0 radical (unpaired) electrons. The van der Waals surface area contributed by atoms with Crippen molar-refractivity contribution < 1.29 is 4.74 Å². The summed E-state index contributed by atoms with van der Waals surface area (Å²) in [7, 11) is 0. The standard InChI is InChI=1S/C16H25NOS/c1-11(17-10-14-7-8-18-12(14)2)16-9-13-5-3-4-6-15(13)19-16/h9,11-12,14,17H,3-8,10H2,1-2H3. The van der Waals surface area contributed by atoms with Gasteiger partial charge < -0.3 is 10.1 Å². The molecule has 1 aliphatic carbocycles. The van der Waals surface area contributed by atoms with Gasteiger partial charge in [0.2, 0.25) is 0 Å². The molecule has 3 rings (SSSR count). The predicted octanol–water partition coefficient (Wildman–Crippen LogP) is 3.70. The lowest BCUT2D eigenvalue weighted by Crippen LogP contribution is -2.28. The molecule has 0 aromatic carbocycles. The quantitative estimate of drug-likeness (QED) is 0.907. The molecule has 3 heteroatoms. The first kappa shape index (κ1) is 13.6. The van der Waals surface area contributed by atoms with E-state index in [2.05, 4.69) is 25.2 Å². The van der Waals surface area contributed by atoms with E-state index in [0.717, 1.165) is 13.2 Å². The van der Waals surface area contributed by atoms with Crippen LogP contribution in [0.4, 0.5) is 0 Å². The largest absolute Gasteiger partial charge is 0.378 e. The van der Waals surface area contributed by atoms with Crippen molar-refractivity contribution in [2.24, 2.45) is 5.92 Å². The van der Waals surface area contributed by atoms with Crippen LogP contribution in [0.25, 0.3) is 0 Å². The summed E-state index contributed by atoms with van der Waals surface area (Å²) < 4.78 is 5.63. The minimum Gasteiger partial charge on any atom is -0.378 e. The Bertz CT molecular complexity index is 405. The van der Waals surface area contributed by atoms with E-state index in [4.69, 9.17) is 4.74 Å². The highest BCUT2D eigenvalue weighted by molar-refractivity contribution is 7.12. The van der Waals surface area contributed by atoms with E-state index in [1.54, 1.807) is 10.4 Å². The average Bonchev–Trinajstić information content (AvgIpc) is 3.01.